The van der Waals surface area contributed by atoms with Crippen LogP contribution in [-0.2, 0) is 11.2 Å². The summed E-state index contributed by atoms with van der Waals surface area (Å²) in [4.78, 5) is 23.9. The van der Waals surface area contributed by atoms with E-state index in [9.17, 15) is 15.0 Å². The number of aliphatic hydroxyl groups excluding tert-OH is 2. The fourth-order valence-corrected chi connectivity index (χ4v) is 4.53. The average Bonchev–Trinajstić information content (AvgIpc) is 3.09. The Bertz CT molecular complexity index is 947. The van der Waals surface area contributed by atoms with Crippen molar-refractivity contribution >= 4 is 24.3 Å². The zero-order valence-corrected chi connectivity index (χ0v) is 17.9. The molecule has 0 spiro atoms. The highest BCUT2D eigenvalue weighted by Gasteiger charge is 2.45. The molecule has 1 aliphatic rings. The SMILES string of the molecule is C=P(C)(C)CCC1OC(n2c(CCCC)nc3c(=O)[nH]c(C)nc32)[C@H](O)[C@@H]1O. The third-order valence-electron chi connectivity index (χ3n) is 5.11. The molecule has 1 aliphatic heterocycles. The first-order valence-corrected chi connectivity index (χ1v) is 12.8. The maximum Gasteiger partial charge on any atom is 0.279 e. The van der Waals surface area contributed by atoms with Gasteiger partial charge in [0.2, 0.25) is 0 Å². The van der Waals surface area contributed by atoms with Gasteiger partial charge in [-0.2, -0.15) is 0 Å². The van der Waals surface area contributed by atoms with E-state index in [0.29, 0.717) is 30.1 Å². The van der Waals surface area contributed by atoms with E-state index >= 15 is 0 Å². The van der Waals surface area contributed by atoms with Crippen LogP contribution >= 0.6 is 6.89 Å². The molecule has 0 aromatic carbocycles. The van der Waals surface area contributed by atoms with Crippen LogP contribution in [0.5, 0.6) is 0 Å². The van der Waals surface area contributed by atoms with Gasteiger partial charge in [-0.05, 0) is 39.3 Å². The molecule has 0 radical (unpaired) electrons. The van der Waals surface area contributed by atoms with Crippen LogP contribution in [0.1, 0.15) is 44.1 Å². The molecule has 9 heteroatoms. The Morgan fingerprint density at radius 2 is 2.00 bits per heavy atom. The minimum absolute atomic E-state index is 0.232. The standard InChI is InChI=1S/C19H31N4O4P/c1-6-7-8-13-22-14-17(20-11(2)21-18(14)26)23(13)19-16(25)15(24)12(27-19)9-10-28(3,4)5/h12,15-16,19,24-25H,3,6-10H2,1-2,4-5H3,(H,20,21,26)/t12?,15-,16-,19?/m1/s1. The van der Waals surface area contributed by atoms with Crippen LogP contribution < -0.4 is 5.56 Å². The van der Waals surface area contributed by atoms with Crippen LogP contribution in [-0.4, -0.2) is 73.8 Å². The minimum Gasteiger partial charge on any atom is -0.388 e. The summed E-state index contributed by atoms with van der Waals surface area (Å²) in [6, 6.07) is 0. The fraction of sp³-hybridized carbons (Fsp3) is 0.684. The maximum absolute atomic E-state index is 12.3. The van der Waals surface area contributed by atoms with E-state index in [-0.39, 0.29) is 11.1 Å². The van der Waals surface area contributed by atoms with Crippen molar-refractivity contribution in [3.05, 3.63) is 22.0 Å². The van der Waals surface area contributed by atoms with Gasteiger partial charge in [-0.15, -0.1) is 13.2 Å². The van der Waals surface area contributed by atoms with Crippen molar-refractivity contribution in [3.8, 4) is 0 Å². The van der Waals surface area contributed by atoms with Crippen LogP contribution in [0.15, 0.2) is 4.79 Å². The molecule has 2 unspecified atom stereocenters. The Kier molecular flexibility index (Phi) is 6.15. The summed E-state index contributed by atoms with van der Waals surface area (Å²) in [5.41, 5.74) is 0.302. The van der Waals surface area contributed by atoms with Gasteiger partial charge in [-0.3, -0.25) is 9.36 Å². The van der Waals surface area contributed by atoms with Crippen molar-refractivity contribution in [2.75, 3.05) is 19.5 Å². The molecule has 1 fully saturated rings. The molecule has 2 aromatic rings. The van der Waals surface area contributed by atoms with E-state index in [1.165, 1.54) is 0 Å². The first-order valence-electron chi connectivity index (χ1n) is 9.79. The molecule has 3 N–H and O–H groups in total. The number of aryl methyl sites for hydroxylation is 2. The molecule has 4 atom stereocenters. The predicted molar refractivity (Wildman–Crippen MR) is 113 cm³/mol. The normalized spacial score (nSPS) is 25.6. The second-order valence-corrected chi connectivity index (χ2v) is 12.6. The number of fused-ring (bicyclic) bond motifs is 1. The van der Waals surface area contributed by atoms with Crippen LogP contribution in [0.4, 0.5) is 0 Å². The zero-order valence-electron chi connectivity index (χ0n) is 17.1. The molecule has 3 rings (SSSR count). The van der Waals surface area contributed by atoms with Gasteiger partial charge in [0.1, 0.15) is 23.9 Å². The van der Waals surface area contributed by atoms with Gasteiger partial charge >= 0.3 is 0 Å². The first kappa shape index (κ1) is 21.2. The van der Waals surface area contributed by atoms with Gasteiger partial charge in [0.05, 0.1) is 6.10 Å². The molecule has 2 aromatic heterocycles. The quantitative estimate of drug-likeness (QED) is 0.596. The Labute approximate surface area is 165 Å². The summed E-state index contributed by atoms with van der Waals surface area (Å²) in [7, 11) is 0. The second kappa shape index (κ2) is 8.11. The molecular formula is C19H31N4O4P. The lowest BCUT2D eigenvalue weighted by molar-refractivity contribution is -0.0368. The van der Waals surface area contributed by atoms with Crippen molar-refractivity contribution in [1.29, 1.82) is 0 Å². The predicted octanol–water partition coefficient (Wildman–Crippen LogP) is 1.49. The smallest absolute Gasteiger partial charge is 0.279 e. The van der Waals surface area contributed by atoms with E-state index in [4.69, 9.17) is 4.74 Å². The Morgan fingerprint density at radius 3 is 2.64 bits per heavy atom. The lowest BCUT2D eigenvalue weighted by atomic mass is 10.1. The number of rotatable bonds is 7. The summed E-state index contributed by atoms with van der Waals surface area (Å²) in [5, 5.41) is 21.3. The molecule has 1 saturated heterocycles. The summed E-state index contributed by atoms with van der Waals surface area (Å²) in [5.74, 6) is 1.11. The third kappa shape index (κ3) is 4.25. The first-order chi connectivity index (χ1) is 13.1. The Morgan fingerprint density at radius 1 is 1.29 bits per heavy atom. The number of H-pyrrole nitrogens is 1. The molecule has 0 aliphatic carbocycles. The monoisotopic (exact) mass is 410 g/mol. The molecule has 3 heterocycles. The molecule has 0 bridgehead atoms. The van der Waals surface area contributed by atoms with Crippen LogP contribution in [0, 0.1) is 6.92 Å². The summed E-state index contributed by atoms with van der Waals surface area (Å²) in [6.45, 7) is 6.77. The number of aromatic amines is 1. The average molecular weight is 410 g/mol. The lowest BCUT2D eigenvalue weighted by Crippen LogP contribution is -2.32. The number of nitrogens with one attached hydrogen (secondary N) is 1. The highest BCUT2D eigenvalue weighted by atomic mass is 31.2. The van der Waals surface area contributed by atoms with Gasteiger partial charge in [0, 0.05) is 6.42 Å². The fourth-order valence-electron chi connectivity index (χ4n) is 3.58. The number of aromatic nitrogens is 4. The lowest BCUT2D eigenvalue weighted by Gasteiger charge is -2.20. The topological polar surface area (TPSA) is 113 Å². The molecule has 8 nitrogen and oxygen atoms in total. The number of imidazole rings is 1. The van der Waals surface area contributed by atoms with Crippen molar-refractivity contribution in [2.45, 2.75) is 64.1 Å². The minimum atomic E-state index is -1.27. The highest BCUT2D eigenvalue weighted by Crippen LogP contribution is 2.40. The van der Waals surface area contributed by atoms with E-state index in [0.717, 1.165) is 19.0 Å². The van der Waals surface area contributed by atoms with Crippen molar-refractivity contribution in [1.82, 2.24) is 19.5 Å². The summed E-state index contributed by atoms with van der Waals surface area (Å²) < 4.78 is 7.79. The van der Waals surface area contributed by atoms with Crippen LogP contribution in [0.25, 0.3) is 11.2 Å². The summed E-state index contributed by atoms with van der Waals surface area (Å²) >= 11 is 0. The Hall–Kier alpha value is -1.47. The number of hydrogen-bond acceptors (Lipinski definition) is 6. The number of hydrogen-bond donors (Lipinski definition) is 3. The van der Waals surface area contributed by atoms with Crippen molar-refractivity contribution in [3.63, 3.8) is 0 Å². The third-order valence-corrected chi connectivity index (χ3v) is 6.58. The Balaban J connectivity index is 2.01. The zero-order chi connectivity index (χ0) is 20.6. The van der Waals surface area contributed by atoms with E-state index in [1.54, 1.807) is 11.5 Å². The largest absolute Gasteiger partial charge is 0.388 e. The van der Waals surface area contributed by atoms with E-state index in [1.807, 2.05) is 0 Å². The molecule has 0 amide bonds. The van der Waals surface area contributed by atoms with Crippen molar-refractivity contribution in [2.24, 2.45) is 0 Å². The van der Waals surface area contributed by atoms with Gasteiger partial charge in [-0.1, -0.05) is 13.3 Å². The number of nitrogens with zero attached hydrogens (tertiary/aromatic N) is 3. The molecule has 156 valence electrons. The van der Waals surface area contributed by atoms with Crippen LogP contribution in [0.2, 0.25) is 0 Å². The second-order valence-electron chi connectivity index (χ2n) is 8.32. The molecule has 28 heavy (non-hydrogen) atoms. The van der Waals surface area contributed by atoms with Crippen LogP contribution in [0.3, 0.4) is 0 Å². The number of ether oxygens (including phenoxy) is 1. The number of aliphatic hydroxyl groups is 2. The number of unbranched alkanes of at least 4 members (excludes halogenated alkanes) is 1. The van der Waals surface area contributed by atoms with E-state index in [2.05, 4.69) is 41.5 Å². The van der Waals surface area contributed by atoms with Gasteiger partial charge in [0.25, 0.3) is 5.56 Å². The summed E-state index contributed by atoms with van der Waals surface area (Å²) in [6.07, 6.45) is 4.75. The maximum atomic E-state index is 12.3. The molecular weight excluding hydrogens is 379 g/mol. The van der Waals surface area contributed by atoms with Gasteiger partial charge in [0.15, 0.2) is 17.4 Å². The highest BCUT2D eigenvalue weighted by molar-refractivity contribution is 7.72. The van der Waals surface area contributed by atoms with Gasteiger partial charge < -0.3 is 19.9 Å². The van der Waals surface area contributed by atoms with Gasteiger partial charge in [-0.25, -0.2) is 9.97 Å². The van der Waals surface area contributed by atoms with E-state index < -0.39 is 31.4 Å². The molecule has 0 saturated carbocycles. The van der Waals surface area contributed by atoms with Crippen molar-refractivity contribution < 1.29 is 14.9 Å².